The lowest BCUT2D eigenvalue weighted by Gasteiger charge is -2.17. The van der Waals surface area contributed by atoms with E-state index in [-0.39, 0.29) is 13.0 Å². The van der Waals surface area contributed by atoms with Crippen LogP contribution in [0, 0.1) is 12.8 Å². The Bertz CT molecular complexity index is 1070. The van der Waals surface area contributed by atoms with E-state index in [9.17, 15) is 24.0 Å². The summed E-state index contributed by atoms with van der Waals surface area (Å²) >= 11 is 3.26. The Morgan fingerprint density at radius 1 is 0.970 bits per heavy atom. The van der Waals surface area contributed by atoms with E-state index in [1.165, 1.54) is 0 Å². The van der Waals surface area contributed by atoms with Crippen LogP contribution in [0.15, 0.2) is 53.0 Å². The minimum absolute atomic E-state index is 0.0722. The fourth-order valence-corrected chi connectivity index (χ4v) is 3.22. The molecule has 11 heteroatoms. The van der Waals surface area contributed by atoms with Crippen LogP contribution >= 0.6 is 15.9 Å². The van der Waals surface area contributed by atoms with E-state index in [1.54, 1.807) is 48.5 Å². The molecule has 0 bridgehead atoms. The summed E-state index contributed by atoms with van der Waals surface area (Å²) in [5.41, 5.74) is 8.52. The molecule has 10 nitrogen and oxygen atoms in total. The molecule has 1 atom stereocenters. The van der Waals surface area contributed by atoms with Crippen LogP contribution < -0.4 is 16.3 Å². The lowest BCUT2D eigenvalue weighted by Crippen LogP contribution is -2.44. The number of hydrazine groups is 2. The summed E-state index contributed by atoms with van der Waals surface area (Å²) in [6.07, 6.45) is -0.158. The van der Waals surface area contributed by atoms with E-state index < -0.39 is 42.1 Å². The Hall–Kier alpha value is -3.73. The second-order valence-electron chi connectivity index (χ2n) is 7.33. The van der Waals surface area contributed by atoms with Crippen LogP contribution in [0.2, 0.25) is 0 Å². The molecule has 2 aromatic carbocycles. The highest BCUT2D eigenvalue weighted by atomic mass is 79.9. The monoisotopic (exact) mass is 516 g/mol. The van der Waals surface area contributed by atoms with Crippen molar-refractivity contribution >= 4 is 45.5 Å². The van der Waals surface area contributed by atoms with E-state index in [1.807, 2.05) is 6.92 Å². The van der Waals surface area contributed by atoms with Gasteiger partial charge in [0.05, 0.1) is 12.5 Å². The van der Waals surface area contributed by atoms with Crippen LogP contribution in [0.25, 0.3) is 0 Å². The number of aryl methyl sites for hydroxylation is 1. The van der Waals surface area contributed by atoms with Crippen molar-refractivity contribution in [2.45, 2.75) is 13.3 Å². The molecule has 0 unspecified atom stereocenters. The average molecular weight is 517 g/mol. The number of ether oxygens (including phenoxy) is 1. The van der Waals surface area contributed by atoms with Crippen LogP contribution in [-0.2, 0) is 19.1 Å². The van der Waals surface area contributed by atoms with Crippen molar-refractivity contribution in [1.29, 1.82) is 0 Å². The van der Waals surface area contributed by atoms with Crippen molar-refractivity contribution in [3.05, 3.63) is 69.7 Å². The van der Waals surface area contributed by atoms with Gasteiger partial charge < -0.3 is 4.74 Å². The second-order valence-corrected chi connectivity index (χ2v) is 8.24. The largest absolute Gasteiger partial charge is 0.455 e. The van der Waals surface area contributed by atoms with Crippen molar-refractivity contribution in [1.82, 2.24) is 21.3 Å². The minimum Gasteiger partial charge on any atom is -0.455 e. The van der Waals surface area contributed by atoms with Gasteiger partial charge in [-0.1, -0.05) is 33.6 Å². The quantitative estimate of drug-likeness (QED) is 0.390. The van der Waals surface area contributed by atoms with Gasteiger partial charge in [-0.15, -0.1) is 0 Å². The van der Waals surface area contributed by atoms with Crippen molar-refractivity contribution in [2.75, 3.05) is 13.2 Å². The van der Waals surface area contributed by atoms with Gasteiger partial charge in [-0.3, -0.25) is 45.3 Å². The van der Waals surface area contributed by atoms with Gasteiger partial charge in [0.25, 0.3) is 17.7 Å². The molecule has 1 heterocycles. The molecule has 0 spiro atoms. The molecular weight excluding hydrogens is 496 g/mol. The van der Waals surface area contributed by atoms with Gasteiger partial charge in [-0.2, -0.15) is 0 Å². The zero-order valence-electron chi connectivity index (χ0n) is 17.6. The third kappa shape index (κ3) is 6.62. The molecular formula is C22H21BrN4O6. The Balaban J connectivity index is 1.42. The molecule has 0 aromatic heterocycles. The molecule has 2 aromatic rings. The number of benzene rings is 2. The van der Waals surface area contributed by atoms with Gasteiger partial charge in [0, 0.05) is 22.0 Å². The number of carbonyl (C=O) groups is 5. The zero-order valence-corrected chi connectivity index (χ0v) is 19.2. The van der Waals surface area contributed by atoms with Gasteiger partial charge >= 0.3 is 5.97 Å². The summed E-state index contributed by atoms with van der Waals surface area (Å²) in [7, 11) is 0. The number of esters is 1. The van der Waals surface area contributed by atoms with Crippen molar-refractivity contribution < 1.29 is 28.7 Å². The molecule has 3 rings (SSSR count). The summed E-state index contributed by atoms with van der Waals surface area (Å²) in [6, 6.07) is 13.3. The van der Waals surface area contributed by atoms with Gasteiger partial charge in [0.1, 0.15) is 0 Å². The molecule has 3 N–H and O–H groups in total. The normalized spacial score (nSPS) is 15.0. The number of amides is 4. The Kier molecular flexibility index (Phi) is 7.78. The number of rotatable bonds is 6. The van der Waals surface area contributed by atoms with Crippen molar-refractivity contribution in [3.8, 4) is 0 Å². The topological polar surface area (TPSA) is 134 Å². The molecule has 33 heavy (non-hydrogen) atoms. The van der Waals surface area contributed by atoms with E-state index in [4.69, 9.17) is 4.74 Å². The molecule has 0 aliphatic carbocycles. The summed E-state index contributed by atoms with van der Waals surface area (Å²) in [6.45, 7) is 1.18. The summed E-state index contributed by atoms with van der Waals surface area (Å²) < 4.78 is 5.74. The molecule has 0 saturated carbocycles. The van der Waals surface area contributed by atoms with Gasteiger partial charge in [0.2, 0.25) is 5.91 Å². The van der Waals surface area contributed by atoms with E-state index in [0.29, 0.717) is 11.1 Å². The predicted molar refractivity (Wildman–Crippen MR) is 119 cm³/mol. The SMILES string of the molecule is Cc1ccc(C(=O)NN2C[C@@H](C(=O)OCC(=O)NNC(=O)c3ccc(Br)cc3)CC2=O)cc1. The maximum atomic E-state index is 12.3. The highest BCUT2D eigenvalue weighted by Crippen LogP contribution is 2.18. The first-order valence-electron chi connectivity index (χ1n) is 9.92. The minimum atomic E-state index is -0.832. The highest BCUT2D eigenvalue weighted by molar-refractivity contribution is 9.10. The smallest absolute Gasteiger partial charge is 0.311 e. The van der Waals surface area contributed by atoms with E-state index in [2.05, 4.69) is 32.2 Å². The first-order valence-corrected chi connectivity index (χ1v) is 10.7. The van der Waals surface area contributed by atoms with Crippen molar-refractivity contribution in [3.63, 3.8) is 0 Å². The lowest BCUT2D eigenvalue weighted by atomic mass is 10.1. The number of nitrogens with one attached hydrogen (secondary N) is 3. The maximum Gasteiger partial charge on any atom is 0.311 e. The summed E-state index contributed by atoms with van der Waals surface area (Å²) in [4.78, 5) is 60.5. The van der Waals surface area contributed by atoms with Crippen LogP contribution in [0.4, 0.5) is 0 Å². The Labute approximate surface area is 197 Å². The van der Waals surface area contributed by atoms with Gasteiger partial charge in [0.15, 0.2) is 6.61 Å². The fourth-order valence-electron chi connectivity index (χ4n) is 2.96. The molecule has 1 aliphatic heterocycles. The summed E-state index contributed by atoms with van der Waals surface area (Å²) in [5.74, 6) is -3.79. The Morgan fingerprint density at radius 2 is 1.58 bits per heavy atom. The van der Waals surface area contributed by atoms with E-state index >= 15 is 0 Å². The number of nitrogens with zero attached hydrogens (tertiary/aromatic N) is 1. The molecule has 1 fully saturated rings. The predicted octanol–water partition coefficient (Wildman–Crippen LogP) is 1.26. The van der Waals surface area contributed by atoms with Crippen LogP contribution in [0.3, 0.4) is 0 Å². The van der Waals surface area contributed by atoms with Gasteiger partial charge in [-0.25, -0.2) is 0 Å². The van der Waals surface area contributed by atoms with Crippen molar-refractivity contribution in [2.24, 2.45) is 5.92 Å². The molecule has 0 radical (unpaired) electrons. The number of carbonyl (C=O) groups excluding carboxylic acids is 5. The first kappa shape index (κ1) is 23.9. The third-order valence-electron chi connectivity index (χ3n) is 4.78. The number of halogens is 1. The third-order valence-corrected chi connectivity index (χ3v) is 5.30. The molecule has 4 amide bonds. The second kappa shape index (κ2) is 10.7. The summed E-state index contributed by atoms with van der Waals surface area (Å²) in [5, 5.41) is 1.06. The molecule has 1 aliphatic rings. The Morgan fingerprint density at radius 3 is 2.24 bits per heavy atom. The van der Waals surface area contributed by atoms with Crippen LogP contribution in [0.5, 0.6) is 0 Å². The zero-order chi connectivity index (χ0) is 24.0. The highest BCUT2D eigenvalue weighted by Gasteiger charge is 2.36. The molecule has 172 valence electrons. The fraction of sp³-hybridized carbons (Fsp3) is 0.227. The van der Waals surface area contributed by atoms with E-state index in [0.717, 1.165) is 15.0 Å². The van der Waals surface area contributed by atoms with Crippen LogP contribution in [0.1, 0.15) is 32.7 Å². The lowest BCUT2D eigenvalue weighted by molar-refractivity contribution is -0.152. The van der Waals surface area contributed by atoms with Gasteiger partial charge in [-0.05, 0) is 43.3 Å². The standard InChI is InChI=1S/C22H21BrN4O6/c1-13-2-4-15(5-3-13)21(31)26-27-11-16(10-19(27)29)22(32)33-12-18(28)24-25-20(30)14-6-8-17(23)9-7-14/h2-9,16H,10-12H2,1H3,(H,24,28)(H,25,30)(H,26,31)/t16-/m0/s1. The average Bonchev–Trinajstić information content (AvgIpc) is 3.16. The number of hydrogen-bond acceptors (Lipinski definition) is 6. The number of hydrogen-bond donors (Lipinski definition) is 3. The maximum absolute atomic E-state index is 12.3. The van der Waals surface area contributed by atoms with Crippen LogP contribution in [-0.4, -0.2) is 47.8 Å². The molecule has 1 saturated heterocycles. The first-order chi connectivity index (χ1) is 15.7.